The van der Waals surface area contributed by atoms with Gasteiger partial charge >= 0.3 is 0 Å². The van der Waals surface area contributed by atoms with Gasteiger partial charge in [0.15, 0.2) is 0 Å². The van der Waals surface area contributed by atoms with Gasteiger partial charge in [-0.1, -0.05) is 0 Å². The Hall–Kier alpha value is -0.590. The molecule has 1 atom stereocenters. The van der Waals surface area contributed by atoms with Crippen molar-refractivity contribution in [3.05, 3.63) is 0 Å². The van der Waals surface area contributed by atoms with E-state index < -0.39 is 0 Å². The summed E-state index contributed by atoms with van der Waals surface area (Å²) in [6.45, 7) is 2.73. The van der Waals surface area contributed by atoms with Gasteiger partial charge in [-0.15, -0.1) is 0 Å². The largest absolute Gasteiger partial charge is 0.372 e. The van der Waals surface area contributed by atoms with E-state index in [9.17, 15) is 0 Å². The average molecular weight is 140 g/mol. The second-order valence-corrected chi connectivity index (χ2v) is 2.63. The fourth-order valence-corrected chi connectivity index (χ4v) is 0.853. The first-order valence-corrected chi connectivity index (χ1v) is 3.50. The Morgan fingerprint density at radius 2 is 2.50 bits per heavy atom. The Morgan fingerprint density at radius 1 is 1.80 bits per heavy atom. The van der Waals surface area contributed by atoms with Crippen LogP contribution in [0.4, 0.5) is 0 Å². The minimum absolute atomic E-state index is 0.448. The van der Waals surface area contributed by atoms with Crippen LogP contribution in [0, 0.1) is 11.3 Å². The molecule has 56 valence electrons. The van der Waals surface area contributed by atoms with Crippen LogP contribution < -0.4 is 0 Å². The summed E-state index contributed by atoms with van der Waals surface area (Å²) in [5.74, 6) is 0. The van der Waals surface area contributed by atoms with Crippen LogP contribution in [0.3, 0.4) is 0 Å². The lowest BCUT2D eigenvalue weighted by atomic mass is 10.4. The van der Waals surface area contributed by atoms with E-state index >= 15 is 0 Å². The highest BCUT2D eigenvalue weighted by Gasteiger charge is 2.23. The third-order valence-electron chi connectivity index (χ3n) is 1.52. The maximum atomic E-state index is 8.26. The van der Waals surface area contributed by atoms with Gasteiger partial charge in [0.05, 0.1) is 18.8 Å². The smallest absolute Gasteiger partial charge is 0.0936 e. The number of hydrogen-bond donors (Lipinski definition) is 0. The van der Waals surface area contributed by atoms with Crippen molar-refractivity contribution in [1.29, 1.82) is 5.26 Å². The molecule has 0 saturated carbocycles. The summed E-state index contributed by atoms with van der Waals surface area (Å²) in [7, 11) is 2.01. The molecule has 1 saturated heterocycles. The van der Waals surface area contributed by atoms with Crippen molar-refractivity contribution < 1.29 is 4.74 Å². The first-order chi connectivity index (χ1) is 4.83. The summed E-state index contributed by atoms with van der Waals surface area (Å²) in [6.07, 6.45) is 1.06. The molecule has 0 bridgehead atoms. The first-order valence-electron chi connectivity index (χ1n) is 3.50. The number of ether oxygens (including phenoxy) is 1. The number of nitriles is 1. The molecule has 0 aromatic heterocycles. The second kappa shape index (κ2) is 3.55. The van der Waals surface area contributed by atoms with Crippen molar-refractivity contribution >= 4 is 0 Å². The van der Waals surface area contributed by atoms with Crippen LogP contribution in [0.15, 0.2) is 0 Å². The molecule has 0 aromatic rings. The number of likely N-dealkylation sites (N-methyl/N-ethyl adjacent to an activating group) is 1. The van der Waals surface area contributed by atoms with Crippen molar-refractivity contribution in [2.24, 2.45) is 0 Å². The number of rotatable bonds is 4. The van der Waals surface area contributed by atoms with E-state index in [-0.39, 0.29) is 0 Å². The summed E-state index contributed by atoms with van der Waals surface area (Å²) < 4.78 is 5.03. The van der Waals surface area contributed by atoms with Gasteiger partial charge in [-0.05, 0) is 7.05 Å². The third-order valence-corrected chi connectivity index (χ3v) is 1.52. The number of nitrogens with zero attached hydrogens (tertiary/aromatic N) is 2. The van der Waals surface area contributed by atoms with E-state index in [0.29, 0.717) is 12.5 Å². The molecular weight excluding hydrogens is 128 g/mol. The standard InChI is InChI=1S/C7H12N2O/c1-9(4-2-3-8)5-7-6-10-7/h7H,2,4-6H2,1H3. The van der Waals surface area contributed by atoms with Crippen molar-refractivity contribution in [3.63, 3.8) is 0 Å². The van der Waals surface area contributed by atoms with Crippen molar-refractivity contribution in [2.75, 3.05) is 26.7 Å². The number of epoxide rings is 1. The Kier molecular flexibility index (Phi) is 2.67. The third kappa shape index (κ3) is 2.81. The molecule has 10 heavy (non-hydrogen) atoms. The van der Waals surface area contributed by atoms with Gasteiger partial charge < -0.3 is 9.64 Å². The van der Waals surface area contributed by atoms with Crippen molar-refractivity contribution in [1.82, 2.24) is 4.90 Å². The topological polar surface area (TPSA) is 39.6 Å². The molecule has 1 rings (SSSR count). The van der Waals surface area contributed by atoms with Gasteiger partial charge in [-0.2, -0.15) is 5.26 Å². The SMILES string of the molecule is CN(CCC#N)CC1CO1. The lowest BCUT2D eigenvalue weighted by Gasteiger charge is -2.11. The zero-order valence-electron chi connectivity index (χ0n) is 6.21. The van der Waals surface area contributed by atoms with Crippen LogP contribution in [0.25, 0.3) is 0 Å². The predicted octanol–water partition coefficient (Wildman–Crippen LogP) is 0.231. The summed E-state index contributed by atoms with van der Waals surface area (Å²) in [5, 5.41) is 8.26. The fourth-order valence-electron chi connectivity index (χ4n) is 0.853. The maximum Gasteiger partial charge on any atom is 0.0936 e. The average Bonchev–Trinajstić information content (AvgIpc) is 2.67. The highest BCUT2D eigenvalue weighted by molar-refractivity contribution is 4.76. The van der Waals surface area contributed by atoms with Gasteiger partial charge in [0.1, 0.15) is 0 Å². The molecule has 0 aromatic carbocycles. The molecule has 0 spiro atoms. The van der Waals surface area contributed by atoms with Crippen LogP contribution in [-0.4, -0.2) is 37.7 Å². The van der Waals surface area contributed by atoms with Gasteiger partial charge in [0.25, 0.3) is 0 Å². The van der Waals surface area contributed by atoms with Gasteiger partial charge in [0.2, 0.25) is 0 Å². The Bertz CT molecular complexity index is 137. The van der Waals surface area contributed by atoms with Crippen LogP contribution in [0.1, 0.15) is 6.42 Å². The molecule has 0 aliphatic carbocycles. The summed E-state index contributed by atoms with van der Waals surface area (Å²) in [5.41, 5.74) is 0. The lowest BCUT2D eigenvalue weighted by Crippen LogP contribution is -2.24. The lowest BCUT2D eigenvalue weighted by molar-refractivity contribution is 0.289. The zero-order chi connectivity index (χ0) is 7.40. The van der Waals surface area contributed by atoms with Crippen molar-refractivity contribution in [2.45, 2.75) is 12.5 Å². The Morgan fingerprint density at radius 3 is 3.00 bits per heavy atom. The molecule has 1 unspecified atom stereocenters. The van der Waals surface area contributed by atoms with Crippen molar-refractivity contribution in [3.8, 4) is 6.07 Å². The minimum Gasteiger partial charge on any atom is -0.372 e. The van der Waals surface area contributed by atoms with E-state index in [0.717, 1.165) is 19.7 Å². The first kappa shape index (κ1) is 7.52. The summed E-state index contributed by atoms with van der Waals surface area (Å²) in [4.78, 5) is 2.13. The quantitative estimate of drug-likeness (QED) is 0.525. The monoisotopic (exact) mass is 140 g/mol. The molecule has 3 heteroatoms. The van der Waals surface area contributed by atoms with Gasteiger partial charge in [-0.3, -0.25) is 0 Å². The van der Waals surface area contributed by atoms with E-state index in [1.54, 1.807) is 0 Å². The molecule has 1 aliphatic rings. The van der Waals surface area contributed by atoms with Crippen LogP contribution >= 0.6 is 0 Å². The molecule has 0 radical (unpaired) electrons. The second-order valence-electron chi connectivity index (χ2n) is 2.63. The molecule has 0 amide bonds. The molecule has 0 N–H and O–H groups in total. The molecule has 1 heterocycles. The number of hydrogen-bond acceptors (Lipinski definition) is 3. The summed E-state index contributed by atoms with van der Waals surface area (Å²) in [6, 6.07) is 2.11. The zero-order valence-corrected chi connectivity index (χ0v) is 6.21. The fraction of sp³-hybridized carbons (Fsp3) is 0.857. The van der Waals surface area contributed by atoms with E-state index in [1.165, 1.54) is 0 Å². The molecular formula is C7H12N2O. The van der Waals surface area contributed by atoms with Crippen LogP contribution in [0.2, 0.25) is 0 Å². The highest BCUT2D eigenvalue weighted by atomic mass is 16.6. The highest BCUT2D eigenvalue weighted by Crippen LogP contribution is 2.09. The maximum absolute atomic E-state index is 8.26. The van der Waals surface area contributed by atoms with Gasteiger partial charge in [-0.25, -0.2) is 0 Å². The van der Waals surface area contributed by atoms with E-state index in [4.69, 9.17) is 10.00 Å². The molecule has 1 aliphatic heterocycles. The molecule has 1 fully saturated rings. The van der Waals surface area contributed by atoms with Gasteiger partial charge in [0, 0.05) is 19.5 Å². The Labute approximate surface area is 61.2 Å². The Balaban J connectivity index is 1.97. The molecule has 3 nitrogen and oxygen atoms in total. The predicted molar refractivity (Wildman–Crippen MR) is 37.5 cm³/mol. The normalized spacial score (nSPS) is 22.7. The van der Waals surface area contributed by atoms with E-state index in [1.807, 2.05) is 7.05 Å². The van der Waals surface area contributed by atoms with Crippen LogP contribution in [-0.2, 0) is 4.74 Å². The van der Waals surface area contributed by atoms with Crippen LogP contribution in [0.5, 0.6) is 0 Å². The minimum atomic E-state index is 0.448. The van der Waals surface area contributed by atoms with E-state index in [2.05, 4.69) is 11.0 Å². The summed E-state index contributed by atoms with van der Waals surface area (Å²) >= 11 is 0.